The molecule has 94 valence electrons. The number of nitrogens with zero attached hydrogens (tertiary/aromatic N) is 1. The normalized spacial score (nSPS) is 24.4. The zero-order chi connectivity index (χ0) is 12.6. The van der Waals surface area contributed by atoms with Gasteiger partial charge < -0.3 is 15.7 Å². The number of aliphatic hydroxyl groups excluding tert-OH is 1. The molecule has 1 aliphatic rings. The summed E-state index contributed by atoms with van der Waals surface area (Å²) in [5, 5.41) is 9.50. The van der Waals surface area contributed by atoms with E-state index in [1.165, 1.54) is 0 Å². The molecular formula is C13H19BrN2O. The lowest BCUT2D eigenvalue weighted by atomic mass is 10.0. The molecule has 0 radical (unpaired) electrons. The van der Waals surface area contributed by atoms with E-state index < -0.39 is 0 Å². The maximum atomic E-state index is 9.50. The topological polar surface area (TPSA) is 49.5 Å². The van der Waals surface area contributed by atoms with Gasteiger partial charge in [-0.2, -0.15) is 0 Å². The van der Waals surface area contributed by atoms with Gasteiger partial charge >= 0.3 is 0 Å². The molecule has 0 saturated carbocycles. The van der Waals surface area contributed by atoms with Crippen LogP contribution >= 0.6 is 15.9 Å². The van der Waals surface area contributed by atoms with E-state index in [2.05, 4.69) is 33.8 Å². The summed E-state index contributed by atoms with van der Waals surface area (Å²) in [6.07, 6.45) is 1.13. The van der Waals surface area contributed by atoms with E-state index in [1.54, 1.807) is 0 Å². The molecule has 0 spiro atoms. The monoisotopic (exact) mass is 298 g/mol. The highest BCUT2D eigenvalue weighted by atomic mass is 79.9. The molecule has 1 aliphatic heterocycles. The van der Waals surface area contributed by atoms with E-state index in [4.69, 9.17) is 5.73 Å². The molecule has 1 aromatic carbocycles. The summed E-state index contributed by atoms with van der Waals surface area (Å²) in [5.74, 6) is 0.532. The number of benzene rings is 1. The number of hydrogen-bond donors (Lipinski definition) is 2. The Balaban J connectivity index is 2.37. The van der Waals surface area contributed by atoms with Crippen LogP contribution in [0.2, 0.25) is 0 Å². The minimum absolute atomic E-state index is 0.205. The molecule has 0 aromatic heterocycles. The van der Waals surface area contributed by atoms with Gasteiger partial charge in [-0.25, -0.2) is 0 Å². The Morgan fingerprint density at radius 1 is 1.53 bits per heavy atom. The molecule has 0 amide bonds. The van der Waals surface area contributed by atoms with E-state index in [9.17, 15) is 5.11 Å². The largest absolute Gasteiger partial charge is 0.398 e. The summed E-state index contributed by atoms with van der Waals surface area (Å²) in [5.41, 5.74) is 8.91. The highest BCUT2D eigenvalue weighted by Gasteiger charge is 2.31. The van der Waals surface area contributed by atoms with Crippen LogP contribution in [0.5, 0.6) is 0 Å². The summed E-state index contributed by atoms with van der Waals surface area (Å²) in [7, 11) is 0. The maximum absolute atomic E-state index is 9.50. The standard InChI is InChI=1S/C13H19BrN2O/c1-8-3-4-16(13(8)7-17)12-5-9(2)11(15)6-10(12)14/h5-6,8,13,17H,3-4,7,15H2,1-2H3. The highest BCUT2D eigenvalue weighted by Crippen LogP contribution is 2.36. The molecule has 4 heteroatoms. The van der Waals surface area contributed by atoms with Crippen LogP contribution in [0.3, 0.4) is 0 Å². The lowest BCUT2D eigenvalue weighted by Crippen LogP contribution is -2.35. The average molecular weight is 299 g/mol. The van der Waals surface area contributed by atoms with E-state index >= 15 is 0 Å². The van der Waals surface area contributed by atoms with Gasteiger partial charge in [0.05, 0.1) is 18.3 Å². The number of aryl methyl sites for hydroxylation is 1. The van der Waals surface area contributed by atoms with Crippen molar-refractivity contribution in [2.75, 3.05) is 23.8 Å². The van der Waals surface area contributed by atoms with Crippen LogP contribution in [-0.4, -0.2) is 24.3 Å². The summed E-state index contributed by atoms with van der Waals surface area (Å²) < 4.78 is 1.01. The molecule has 2 atom stereocenters. The van der Waals surface area contributed by atoms with Gasteiger partial charge in [0.1, 0.15) is 0 Å². The van der Waals surface area contributed by atoms with Crippen molar-refractivity contribution in [3.8, 4) is 0 Å². The quantitative estimate of drug-likeness (QED) is 0.825. The first-order chi connectivity index (χ1) is 8.04. The van der Waals surface area contributed by atoms with Gasteiger partial charge in [0, 0.05) is 16.7 Å². The molecule has 0 bridgehead atoms. The van der Waals surface area contributed by atoms with Crippen molar-refractivity contribution in [1.29, 1.82) is 0 Å². The van der Waals surface area contributed by atoms with Crippen molar-refractivity contribution in [3.05, 3.63) is 22.2 Å². The number of nitrogens with two attached hydrogens (primary N) is 1. The summed E-state index contributed by atoms with van der Waals surface area (Å²) in [6, 6.07) is 4.26. The minimum Gasteiger partial charge on any atom is -0.398 e. The Morgan fingerprint density at radius 2 is 2.24 bits per heavy atom. The van der Waals surface area contributed by atoms with Gasteiger partial charge in [0.15, 0.2) is 0 Å². The Morgan fingerprint density at radius 3 is 2.88 bits per heavy atom. The Hall–Kier alpha value is -0.740. The van der Waals surface area contributed by atoms with Crippen molar-refractivity contribution in [2.24, 2.45) is 5.92 Å². The van der Waals surface area contributed by atoms with Gasteiger partial charge in [0.25, 0.3) is 0 Å². The van der Waals surface area contributed by atoms with Crippen LogP contribution in [0.25, 0.3) is 0 Å². The van der Waals surface area contributed by atoms with Crippen LogP contribution in [-0.2, 0) is 0 Å². The third-order valence-corrected chi connectivity index (χ3v) is 4.35. The molecule has 17 heavy (non-hydrogen) atoms. The summed E-state index contributed by atoms with van der Waals surface area (Å²) in [4.78, 5) is 2.28. The minimum atomic E-state index is 0.205. The fraction of sp³-hybridized carbons (Fsp3) is 0.538. The lowest BCUT2D eigenvalue weighted by molar-refractivity contribution is 0.244. The fourth-order valence-corrected chi connectivity index (χ4v) is 3.08. The molecule has 1 fully saturated rings. The zero-order valence-corrected chi connectivity index (χ0v) is 11.9. The van der Waals surface area contributed by atoms with Gasteiger partial charge in [0.2, 0.25) is 0 Å². The second kappa shape index (κ2) is 4.86. The molecule has 0 aliphatic carbocycles. The average Bonchev–Trinajstić information content (AvgIpc) is 2.64. The van der Waals surface area contributed by atoms with Crippen molar-refractivity contribution >= 4 is 27.3 Å². The second-order valence-electron chi connectivity index (χ2n) is 4.87. The van der Waals surface area contributed by atoms with Crippen LogP contribution in [0.15, 0.2) is 16.6 Å². The molecule has 1 heterocycles. The Bertz CT molecular complexity index is 422. The number of halogens is 1. The van der Waals surface area contributed by atoms with Crippen molar-refractivity contribution in [1.82, 2.24) is 0 Å². The first-order valence-corrected chi connectivity index (χ1v) is 6.77. The SMILES string of the molecule is Cc1cc(N2CCC(C)C2CO)c(Br)cc1N. The van der Waals surface area contributed by atoms with Crippen molar-refractivity contribution < 1.29 is 5.11 Å². The smallest absolute Gasteiger partial charge is 0.0637 e. The Labute approximate surface area is 111 Å². The number of rotatable bonds is 2. The number of aliphatic hydroxyl groups is 1. The van der Waals surface area contributed by atoms with Gasteiger partial charge in [-0.05, 0) is 52.9 Å². The molecule has 3 N–H and O–H groups in total. The van der Waals surface area contributed by atoms with E-state index in [-0.39, 0.29) is 12.6 Å². The first kappa shape index (κ1) is 12.7. The highest BCUT2D eigenvalue weighted by molar-refractivity contribution is 9.10. The summed E-state index contributed by atoms with van der Waals surface area (Å²) >= 11 is 3.56. The predicted octanol–water partition coefficient (Wildman–Crippen LogP) is 2.55. The second-order valence-corrected chi connectivity index (χ2v) is 5.72. The third-order valence-electron chi connectivity index (χ3n) is 3.71. The Kier molecular flexibility index (Phi) is 3.64. The fourth-order valence-electron chi connectivity index (χ4n) is 2.49. The van der Waals surface area contributed by atoms with E-state index in [0.29, 0.717) is 5.92 Å². The van der Waals surface area contributed by atoms with Crippen LogP contribution in [0.4, 0.5) is 11.4 Å². The maximum Gasteiger partial charge on any atom is 0.0637 e. The number of hydrogen-bond acceptors (Lipinski definition) is 3. The molecule has 2 unspecified atom stereocenters. The van der Waals surface area contributed by atoms with Gasteiger partial charge in [-0.3, -0.25) is 0 Å². The summed E-state index contributed by atoms with van der Waals surface area (Å²) in [6.45, 7) is 5.41. The molecule has 3 nitrogen and oxygen atoms in total. The van der Waals surface area contributed by atoms with Crippen LogP contribution in [0.1, 0.15) is 18.9 Å². The van der Waals surface area contributed by atoms with Gasteiger partial charge in [-0.1, -0.05) is 6.92 Å². The lowest BCUT2D eigenvalue weighted by Gasteiger charge is -2.28. The predicted molar refractivity (Wildman–Crippen MR) is 75.3 cm³/mol. The number of nitrogen functional groups attached to an aromatic ring is 1. The molecule has 2 rings (SSSR count). The molecule has 1 aromatic rings. The zero-order valence-electron chi connectivity index (χ0n) is 10.3. The third kappa shape index (κ3) is 2.29. The van der Waals surface area contributed by atoms with E-state index in [1.807, 2.05) is 13.0 Å². The number of anilines is 2. The first-order valence-electron chi connectivity index (χ1n) is 5.97. The van der Waals surface area contributed by atoms with E-state index in [0.717, 1.165) is 34.4 Å². The van der Waals surface area contributed by atoms with Gasteiger partial charge in [-0.15, -0.1) is 0 Å². The van der Waals surface area contributed by atoms with Crippen molar-refractivity contribution in [2.45, 2.75) is 26.3 Å². The van der Waals surface area contributed by atoms with Crippen molar-refractivity contribution in [3.63, 3.8) is 0 Å². The van der Waals surface area contributed by atoms with Crippen LogP contribution in [0, 0.1) is 12.8 Å². The molecular weight excluding hydrogens is 280 g/mol. The van der Waals surface area contributed by atoms with Crippen LogP contribution < -0.4 is 10.6 Å². The molecule has 1 saturated heterocycles.